The molecular weight excluding hydrogens is 305 g/mol. The summed E-state index contributed by atoms with van der Waals surface area (Å²) in [6, 6.07) is 9.62. The lowest BCUT2D eigenvalue weighted by atomic mass is 10.0. The van der Waals surface area contributed by atoms with Crippen LogP contribution in [0, 0.1) is 5.82 Å². The molecule has 0 radical (unpaired) electrons. The molecule has 0 amide bonds. The number of aliphatic hydroxyl groups excluding tert-OH is 1. The van der Waals surface area contributed by atoms with E-state index < -0.39 is 18.5 Å². The van der Waals surface area contributed by atoms with Crippen LogP contribution in [-0.4, -0.2) is 11.7 Å². The van der Waals surface area contributed by atoms with E-state index in [9.17, 15) is 18.3 Å². The summed E-state index contributed by atoms with van der Waals surface area (Å²) in [5.41, 5.74) is 0.749. The number of ether oxygens (including phenoxy) is 1. The highest BCUT2D eigenvalue weighted by atomic mass is 35.5. The molecule has 0 saturated heterocycles. The second-order valence-electron chi connectivity index (χ2n) is 4.40. The Kier molecular flexibility index (Phi) is 5.09. The number of alkyl halides is 2. The van der Waals surface area contributed by atoms with Crippen molar-refractivity contribution in [2.75, 3.05) is 0 Å². The quantitative estimate of drug-likeness (QED) is 0.888. The molecule has 21 heavy (non-hydrogen) atoms. The Hall–Kier alpha value is -1.72. The van der Waals surface area contributed by atoms with Gasteiger partial charge in [-0.05, 0) is 41.5 Å². The van der Waals surface area contributed by atoms with Gasteiger partial charge in [-0.15, -0.1) is 0 Å². The Labute approximate surface area is 124 Å². The van der Waals surface area contributed by atoms with E-state index in [4.69, 9.17) is 11.6 Å². The predicted octanol–water partition coefficient (Wildman–Crippen LogP) is 4.36. The fraction of sp³-hybridized carbons (Fsp3) is 0.200. The van der Waals surface area contributed by atoms with Crippen LogP contribution >= 0.6 is 11.6 Å². The highest BCUT2D eigenvalue weighted by Crippen LogP contribution is 2.24. The van der Waals surface area contributed by atoms with Crippen LogP contribution in [0.4, 0.5) is 13.2 Å². The smallest absolute Gasteiger partial charge is 0.387 e. The average Bonchev–Trinajstić information content (AvgIpc) is 2.43. The van der Waals surface area contributed by atoms with Crippen LogP contribution in [0.1, 0.15) is 17.2 Å². The molecule has 0 aliphatic heterocycles. The predicted molar refractivity (Wildman–Crippen MR) is 73.1 cm³/mol. The van der Waals surface area contributed by atoms with Crippen molar-refractivity contribution in [1.29, 1.82) is 0 Å². The summed E-state index contributed by atoms with van der Waals surface area (Å²) in [6.07, 6.45) is -0.944. The fourth-order valence-corrected chi connectivity index (χ4v) is 2.09. The van der Waals surface area contributed by atoms with Crippen LogP contribution in [0.2, 0.25) is 5.02 Å². The van der Waals surface area contributed by atoms with E-state index in [0.717, 1.165) is 0 Å². The average molecular weight is 317 g/mol. The standard InChI is InChI=1S/C15H12ClF3O2/c16-11-3-6-13(17)10(7-11)8-14(20)9-1-4-12(5-2-9)21-15(18)19/h1-7,14-15,20H,8H2. The first-order valence-corrected chi connectivity index (χ1v) is 6.50. The fourth-order valence-electron chi connectivity index (χ4n) is 1.90. The van der Waals surface area contributed by atoms with E-state index in [0.29, 0.717) is 10.6 Å². The normalized spacial score (nSPS) is 12.5. The maximum absolute atomic E-state index is 13.6. The SMILES string of the molecule is OC(Cc1cc(Cl)ccc1F)c1ccc(OC(F)F)cc1. The van der Waals surface area contributed by atoms with Crippen molar-refractivity contribution in [2.45, 2.75) is 19.1 Å². The topological polar surface area (TPSA) is 29.5 Å². The van der Waals surface area contributed by atoms with Gasteiger partial charge in [0.15, 0.2) is 0 Å². The highest BCUT2D eigenvalue weighted by Gasteiger charge is 2.13. The monoisotopic (exact) mass is 316 g/mol. The molecule has 0 aromatic heterocycles. The van der Waals surface area contributed by atoms with Crippen LogP contribution in [0.5, 0.6) is 5.75 Å². The van der Waals surface area contributed by atoms with Crippen molar-refractivity contribution < 1.29 is 23.0 Å². The maximum Gasteiger partial charge on any atom is 0.387 e. The third-order valence-corrected chi connectivity index (χ3v) is 3.15. The van der Waals surface area contributed by atoms with Crippen molar-refractivity contribution >= 4 is 11.6 Å². The van der Waals surface area contributed by atoms with Crippen molar-refractivity contribution in [1.82, 2.24) is 0 Å². The summed E-state index contributed by atoms with van der Waals surface area (Å²) in [6.45, 7) is -2.90. The van der Waals surface area contributed by atoms with Crippen molar-refractivity contribution in [3.05, 3.63) is 64.4 Å². The van der Waals surface area contributed by atoms with E-state index in [1.165, 1.54) is 42.5 Å². The van der Waals surface area contributed by atoms with Gasteiger partial charge in [0, 0.05) is 11.4 Å². The molecular formula is C15H12ClF3O2. The third kappa shape index (κ3) is 4.37. The molecule has 2 aromatic carbocycles. The first-order chi connectivity index (χ1) is 9.95. The first-order valence-electron chi connectivity index (χ1n) is 6.12. The van der Waals surface area contributed by atoms with Crippen LogP contribution in [0.15, 0.2) is 42.5 Å². The largest absolute Gasteiger partial charge is 0.435 e. The zero-order valence-corrected chi connectivity index (χ0v) is 11.5. The molecule has 1 atom stereocenters. The Bertz CT molecular complexity index is 602. The number of benzene rings is 2. The second-order valence-corrected chi connectivity index (χ2v) is 4.84. The summed E-state index contributed by atoms with van der Waals surface area (Å²) in [4.78, 5) is 0. The number of rotatable bonds is 5. The Morgan fingerprint density at radius 2 is 1.76 bits per heavy atom. The third-order valence-electron chi connectivity index (χ3n) is 2.91. The molecule has 0 bridgehead atoms. The molecule has 0 fully saturated rings. The van der Waals surface area contributed by atoms with Crippen LogP contribution in [0.25, 0.3) is 0 Å². The van der Waals surface area contributed by atoms with Gasteiger partial charge >= 0.3 is 6.61 Å². The van der Waals surface area contributed by atoms with E-state index >= 15 is 0 Å². The minimum atomic E-state index is -2.90. The number of aliphatic hydroxyl groups is 1. The van der Waals surface area contributed by atoms with Gasteiger partial charge in [0.25, 0.3) is 0 Å². The van der Waals surface area contributed by atoms with Gasteiger partial charge in [-0.25, -0.2) is 4.39 Å². The van der Waals surface area contributed by atoms with Crippen molar-refractivity contribution in [3.63, 3.8) is 0 Å². The molecule has 0 aliphatic carbocycles. The summed E-state index contributed by atoms with van der Waals surface area (Å²) in [5, 5.41) is 10.4. The molecule has 112 valence electrons. The molecule has 1 unspecified atom stereocenters. The van der Waals surface area contributed by atoms with Gasteiger partial charge in [0.2, 0.25) is 0 Å². The van der Waals surface area contributed by atoms with Crippen molar-refractivity contribution in [3.8, 4) is 5.75 Å². The van der Waals surface area contributed by atoms with Gasteiger partial charge in [-0.2, -0.15) is 8.78 Å². The molecule has 2 rings (SSSR count). The Morgan fingerprint density at radius 3 is 2.38 bits per heavy atom. The maximum atomic E-state index is 13.6. The van der Waals surface area contributed by atoms with Crippen molar-refractivity contribution in [2.24, 2.45) is 0 Å². The molecule has 2 nitrogen and oxygen atoms in total. The highest BCUT2D eigenvalue weighted by molar-refractivity contribution is 6.30. The summed E-state index contributed by atoms with van der Waals surface area (Å²) in [7, 11) is 0. The second kappa shape index (κ2) is 6.83. The zero-order chi connectivity index (χ0) is 15.4. The lowest BCUT2D eigenvalue weighted by Gasteiger charge is -2.13. The Balaban J connectivity index is 2.09. The molecule has 2 aromatic rings. The van der Waals surface area contributed by atoms with E-state index in [-0.39, 0.29) is 17.7 Å². The van der Waals surface area contributed by atoms with Gasteiger partial charge in [-0.3, -0.25) is 0 Å². The van der Waals surface area contributed by atoms with Crippen LogP contribution < -0.4 is 4.74 Å². The van der Waals surface area contributed by atoms with Gasteiger partial charge in [0.05, 0.1) is 6.10 Å². The molecule has 1 N–H and O–H groups in total. The van der Waals surface area contributed by atoms with Crippen LogP contribution in [-0.2, 0) is 6.42 Å². The van der Waals surface area contributed by atoms with Crippen LogP contribution in [0.3, 0.4) is 0 Å². The number of hydrogen-bond donors (Lipinski definition) is 1. The summed E-state index contributed by atoms with van der Waals surface area (Å²) >= 11 is 5.78. The van der Waals surface area contributed by atoms with E-state index in [2.05, 4.69) is 4.74 Å². The number of halogens is 4. The molecule has 0 aliphatic rings. The minimum Gasteiger partial charge on any atom is -0.435 e. The molecule has 6 heteroatoms. The number of hydrogen-bond acceptors (Lipinski definition) is 2. The molecule has 0 heterocycles. The van der Waals surface area contributed by atoms with Gasteiger partial charge in [0.1, 0.15) is 11.6 Å². The lowest BCUT2D eigenvalue weighted by molar-refractivity contribution is -0.0498. The zero-order valence-electron chi connectivity index (χ0n) is 10.8. The van der Waals surface area contributed by atoms with Gasteiger partial charge in [-0.1, -0.05) is 23.7 Å². The summed E-state index contributed by atoms with van der Waals surface area (Å²) in [5.74, 6) is -0.467. The lowest BCUT2D eigenvalue weighted by Crippen LogP contribution is -2.05. The summed E-state index contributed by atoms with van der Waals surface area (Å²) < 4.78 is 41.8. The first kappa shape index (κ1) is 15.7. The van der Waals surface area contributed by atoms with E-state index in [1.807, 2.05) is 0 Å². The van der Waals surface area contributed by atoms with E-state index in [1.54, 1.807) is 0 Å². The minimum absolute atomic E-state index is 0.00474. The van der Waals surface area contributed by atoms with Gasteiger partial charge < -0.3 is 9.84 Å². The molecule has 0 saturated carbocycles. The Morgan fingerprint density at radius 1 is 1.10 bits per heavy atom. The molecule has 0 spiro atoms.